The summed E-state index contributed by atoms with van der Waals surface area (Å²) in [5.74, 6) is -0.457. The molecule has 0 saturated heterocycles. The maximum Gasteiger partial charge on any atom is 0.341 e. The van der Waals surface area contributed by atoms with Crippen LogP contribution in [0.15, 0.2) is 52.8 Å². The van der Waals surface area contributed by atoms with E-state index in [1.165, 1.54) is 20.4 Å². The Labute approximate surface area is 235 Å². The molecule has 1 aliphatic heterocycles. The highest BCUT2D eigenvalue weighted by Gasteiger charge is 2.32. The molecular weight excluding hydrogens is 540 g/mol. The average molecular weight is 573 g/mol. The number of ether oxygens (including phenoxy) is 5. The van der Waals surface area contributed by atoms with Crippen LogP contribution in [-0.4, -0.2) is 74.7 Å². The first-order chi connectivity index (χ1) is 19.7. The van der Waals surface area contributed by atoms with Crippen LogP contribution in [-0.2, 0) is 14.3 Å². The maximum absolute atomic E-state index is 12.4. The summed E-state index contributed by atoms with van der Waals surface area (Å²) >= 11 is 0. The Bertz CT molecular complexity index is 1330. The number of methoxy groups -OCH3 is 2. The number of aliphatic carboxylic acids is 1. The molecule has 14 heteroatoms. The number of carbonyl (C=O) groups excluding carboxylic acids is 2. The van der Waals surface area contributed by atoms with Gasteiger partial charge in [-0.15, -0.1) is 0 Å². The number of nitrogens with one attached hydrogen (secondary N) is 3. The van der Waals surface area contributed by atoms with Crippen LogP contribution in [0.5, 0.6) is 23.0 Å². The smallest absolute Gasteiger partial charge is 0.341 e. The number of benzene rings is 2. The Balaban J connectivity index is 1.66. The lowest BCUT2D eigenvalue weighted by molar-refractivity contribution is -0.139. The molecule has 1 aliphatic rings. The summed E-state index contributed by atoms with van der Waals surface area (Å²) in [4.78, 5) is 35.2. The summed E-state index contributed by atoms with van der Waals surface area (Å²) in [5, 5.41) is 28.4. The molecule has 2 atom stereocenters. The zero-order valence-corrected chi connectivity index (χ0v) is 22.9. The average Bonchev–Trinajstić information content (AvgIpc) is 2.95. The van der Waals surface area contributed by atoms with Crippen molar-refractivity contribution in [3.8, 4) is 23.0 Å². The Morgan fingerprint density at radius 3 is 2.49 bits per heavy atom. The molecule has 2 aromatic rings. The number of esters is 1. The SMILES string of the molecule is CCOc1cc([C@@H]2NC(=O)NC(C)=C2C(=O)OC)ccc1OC[C@H](O)N/N=C\c1ccc(OCC(=O)O)c(OC)c1. The number of carboxylic acids is 1. The van der Waals surface area contributed by atoms with Gasteiger partial charge in [0.2, 0.25) is 0 Å². The van der Waals surface area contributed by atoms with Gasteiger partial charge in [-0.25, -0.2) is 14.4 Å². The number of nitrogens with zero attached hydrogens (tertiary/aromatic N) is 1. The normalized spacial score (nSPS) is 15.4. The molecule has 220 valence electrons. The number of carboxylic acid groups (broad SMARTS) is 1. The van der Waals surface area contributed by atoms with Crippen LogP contribution < -0.4 is 35.0 Å². The summed E-state index contributed by atoms with van der Waals surface area (Å²) in [7, 11) is 2.68. The predicted molar refractivity (Wildman–Crippen MR) is 145 cm³/mol. The van der Waals surface area contributed by atoms with E-state index in [1.54, 1.807) is 50.2 Å². The van der Waals surface area contributed by atoms with Crippen molar-refractivity contribution in [1.29, 1.82) is 0 Å². The topological polar surface area (TPSA) is 186 Å². The third kappa shape index (κ3) is 8.25. The summed E-state index contributed by atoms with van der Waals surface area (Å²) in [6.45, 7) is 3.01. The van der Waals surface area contributed by atoms with Crippen LogP contribution in [0.1, 0.15) is 31.0 Å². The van der Waals surface area contributed by atoms with E-state index >= 15 is 0 Å². The Morgan fingerprint density at radius 2 is 1.80 bits per heavy atom. The fourth-order valence-electron chi connectivity index (χ4n) is 3.84. The number of allylic oxidation sites excluding steroid dienone is 1. The minimum atomic E-state index is -1.19. The lowest BCUT2D eigenvalue weighted by Gasteiger charge is -2.28. The van der Waals surface area contributed by atoms with Crippen molar-refractivity contribution in [3.63, 3.8) is 0 Å². The molecule has 2 aromatic carbocycles. The van der Waals surface area contributed by atoms with E-state index in [-0.39, 0.29) is 17.9 Å². The minimum Gasteiger partial charge on any atom is -0.493 e. The Morgan fingerprint density at radius 1 is 1.07 bits per heavy atom. The first-order valence-electron chi connectivity index (χ1n) is 12.4. The number of urea groups is 1. The molecule has 0 radical (unpaired) electrons. The van der Waals surface area contributed by atoms with Gasteiger partial charge in [-0.2, -0.15) is 5.10 Å². The van der Waals surface area contributed by atoms with Gasteiger partial charge in [-0.3, -0.25) is 5.43 Å². The highest BCUT2D eigenvalue weighted by molar-refractivity contribution is 5.95. The molecule has 41 heavy (non-hydrogen) atoms. The van der Waals surface area contributed by atoms with E-state index in [4.69, 9.17) is 28.8 Å². The van der Waals surface area contributed by atoms with Gasteiger partial charge >= 0.3 is 18.0 Å². The van der Waals surface area contributed by atoms with E-state index in [2.05, 4.69) is 21.2 Å². The van der Waals surface area contributed by atoms with Gasteiger partial charge in [-0.05, 0) is 55.3 Å². The number of carbonyl (C=O) groups is 3. The first-order valence-corrected chi connectivity index (χ1v) is 12.4. The fourth-order valence-corrected chi connectivity index (χ4v) is 3.84. The molecule has 0 aliphatic carbocycles. The van der Waals surface area contributed by atoms with E-state index in [0.717, 1.165) is 0 Å². The number of hydrogen-bond acceptors (Lipinski definition) is 11. The number of aliphatic hydroxyl groups is 1. The second-order valence-corrected chi connectivity index (χ2v) is 8.51. The van der Waals surface area contributed by atoms with Crippen LogP contribution in [0.2, 0.25) is 0 Å². The molecule has 0 bridgehead atoms. The lowest BCUT2D eigenvalue weighted by atomic mass is 9.95. The van der Waals surface area contributed by atoms with E-state index in [9.17, 15) is 19.5 Å². The van der Waals surface area contributed by atoms with Crippen LogP contribution in [0.3, 0.4) is 0 Å². The van der Waals surface area contributed by atoms with Gasteiger partial charge in [0.25, 0.3) is 0 Å². The summed E-state index contributed by atoms with van der Waals surface area (Å²) in [6.07, 6.45) is 0.232. The third-order valence-corrected chi connectivity index (χ3v) is 5.65. The highest BCUT2D eigenvalue weighted by Crippen LogP contribution is 2.35. The number of amides is 2. The Kier molecular flexibility index (Phi) is 10.7. The standard InChI is InChI=1S/C27H32N4O10/c1-5-39-21-11-17(25-24(26(35)38-4)15(2)29-27(36)30-25)7-9-19(21)40-13-22(32)31-28-12-16-6-8-18(20(10-16)37-3)41-14-23(33)34/h6-12,22,25,31-32H,5,13-14H2,1-4H3,(H,33,34)(H2,29,30,36)/b28-12-/t22-,25-/m0/s1. The van der Waals surface area contributed by atoms with Gasteiger partial charge < -0.3 is 44.5 Å². The second-order valence-electron chi connectivity index (χ2n) is 8.51. The van der Waals surface area contributed by atoms with E-state index in [1.807, 2.05) is 0 Å². The number of hydrogen-bond donors (Lipinski definition) is 5. The number of rotatable bonds is 14. The molecule has 5 N–H and O–H groups in total. The van der Waals surface area contributed by atoms with Crippen molar-refractivity contribution in [1.82, 2.24) is 16.1 Å². The van der Waals surface area contributed by atoms with Crippen molar-refractivity contribution >= 4 is 24.2 Å². The van der Waals surface area contributed by atoms with Crippen molar-refractivity contribution in [2.75, 3.05) is 34.0 Å². The molecule has 0 saturated carbocycles. The largest absolute Gasteiger partial charge is 0.493 e. The highest BCUT2D eigenvalue weighted by atomic mass is 16.5. The molecule has 0 aromatic heterocycles. The van der Waals surface area contributed by atoms with Crippen LogP contribution in [0.25, 0.3) is 0 Å². The quantitative estimate of drug-likeness (QED) is 0.0959. The molecular formula is C27H32N4O10. The number of hydrazone groups is 1. The molecule has 0 spiro atoms. The fraction of sp³-hybridized carbons (Fsp3) is 0.333. The number of aliphatic hydroxyl groups excluding tert-OH is 1. The van der Waals surface area contributed by atoms with Gasteiger partial charge in [0.15, 0.2) is 35.8 Å². The van der Waals surface area contributed by atoms with Crippen LogP contribution in [0.4, 0.5) is 4.79 Å². The van der Waals surface area contributed by atoms with Crippen LogP contribution >= 0.6 is 0 Å². The predicted octanol–water partition coefficient (Wildman–Crippen LogP) is 1.68. The first kappa shape index (κ1) is 30.6. The molecule has 14 nitrogen and oxygen atoms in total. The van der Waals surface area contributed by atoms with Gasteiger partial charge in [0.1, 0.15) is 6.61 Å². The molecule has 0 unspecified atom stereocenters. The van der Waals surface area contributed by atoms with Gasteiger partial charge in [0.05, 0.1) is 38.7 Å². The second kappa shape index (κ2) is 14.4. The van der Waals surface area contributed by atoms with Crippen molar-refractivity contribution in [2.45, 2.75) is 26.1 Å². The summed E-state index contributed by atoms with van der Waals surface area (Å²) in [5.41, 5.74) is 4.33. The van der Waals surface area contributed by atoms with Crippen molar-refractivity contribution in [2.24, 2.45) is 5.10 Å². The summed E-state index contributed by atoms with van der Waals surface area (Å²) < 4.78 is 26.7. The van der Waals surface area contributed by atoms with Crippen LogP contribution in [0, 0.1) is 0 Å². The monoisotopic (exact) mass is 572 g/mol. The summed E-state index contributed by atoms with van der Waals surface area (Å²) in [6, 6.07) is 8.44. The lowest BCUT2D eigenvalue weighted by Crippen LogP contribution is -2.45. The van der Waals surface area contributed by atoms with Gasteiger partial charge in [0, 0.05) is 5.70 Å². The zero-order chi connectivity index (χ0) is 29.9. The van der Waals surface area contributed by atoms with Gasteiger partial charge in [-0.1, -0.05) is 6.07 Å². The molecule has 2 amide bonds. The Hall–Kier alpha value is -4.98. The molecule has 3 rings (SSSR count). The van der Waals surface area contributed by atoms with E-state index < -0.39 is 36.8 Å². The molecule has 0 fully saturated rings. The maximum atomic E-state index is 12.4. The van der Waals surface area contributed by atoms with E-state index in [0.29, 0.717) is 40.7 Å². The zero-order valence-electron chi connectivity index (χ0n) is 22.9. The van der Waals surface area contributed by atoms with Crippen molar-refractivity contribution < 1.29 is 48.3 Å². The third-order valence-electron chi connectivity index (χ3n) is 5.65. The minimum absolute atomic E-state index is 0.196. The van der Waals surface area contributed by atoms with Crippen molar-refractivity contribution in [3.05, 3.63) is 58.8 Å². The molecule has 1 heterocycles.